The number of rotatable bonds is 4. The molecular weight excluding hydrogens is 258 g/mol. The third-order valence-electron chi connectivity index (χ3n) is 3.85. The van der Waals surface area contributed by atoms with Crippen molar-refractivity contribution in [3.05, 3.63) is 16.1 Å². The third-order valence-corrected chi connectivity index (χ3v) is 4.76. The van der Waals surface area contributed by atoms with Crippen molar-refractivity contribution in [3.8, 4) is 0 Å². The van der Waals surface area contributed by atoms with Gasteiger partial charge in [0.2, 0.25) is 0 Å². The van der Waals surface area contributed by atoms with E-state index >= 15 is 0 Å². The maximum absolute atomic E-state index is 12.7. The van der Waals surface area contributed by atoms with Gasteiger partial charge in [-0.2, -0.15) is 0 Å². The number of amides is 1. The van der Waals surface area contributed by atoms with E-state index in [1.165, 1.54) is 11.3 Å². The first-order valence-corrected chi connectivity index (χ1v) is 7.98. The van der Waals surface area contributed by atoms with E-state index in [9.17, 15) is 4.79 Å². The molecule has 4 nitrogen and oxygen atoms in total. The normalized spacial score (nSPS) is 23.3. The van der Waals surface area contributed by atoms with Gasteiger partial charge >= 0.3 is 0 Å². The summed E-state index contributed by atoms with van der Waals surface area (Å²) in [5.41, 5.74) is 8.56. The summed E-state index contributed by atoms with van der Waals surface area (Å²) >= 11 is 1.45. The molecule has 1 aromatic rings. The number of aromatic nitrogens is 1. The summed E-state index contributed by atoms with van der Waals surface area (Å²) in [6, 6.07) is 0.675. The number of aryl methyl sites for hydroxylation is 1. The van der Waals surface area contributed by atoms with E-state index in [1.54, 1.807) is 5.51 Å². The molecule has 1 aliphatic carbocycles. The van der Waals surface area contributed by atoms with Crippen LogP contribution in [0.3, 0.4) is 0 Å². The lowest BCUT2D eigenvalue weighted by Gasteiger charge is -2.35. The minimum Gasteiger partial charge on any atom is -0.335 e. The van der Waals surface area contributed by atoms with Crippen LogP contribution >= 0.6 is 11.3 Å². The monoisotopic (exact) mass is 281 g/mol. The maximum atomic E-state index is 12.7. The van der Waals surface area contributed by atoms with Gasteiger partial charge in [-0.05, 0) is 39.0 Å². The molecule has 19 heavy (non-hydrogen) atoms. The molecule has 5 heteroatoms. The van der Waals surface area contributed by atoms with Crippen LogP contribution in [-0.4, -0.2) is 34.4 Å². The van der Waals surface area contributed by atoms with Gasteiger partial charge in [-0.25, -0.2) is 4.98 Å². The summed E-state index contributed by atoms with van der Waals surface area (Å²) in [6.45, 7) is 4.86. The molecule has 0 saturated heterocycles. The topological polar surface area (TPSA) is 59.2 Å². The molecule has 1 heterocycles. The second-order valence-corrected chi connectivity index (χ2v) is 6.19. The number of hydrogen-bond acceptors (Lipinski definition) is 4. The lowest BCUT2D eigenvalue weighted by atomic mass is 9.90. The molecule has 0 aromatic carbocycles. The largest absolute Gasteiger partial charge is 0.335 e. The molecule has 0 radical (unpaired) electrons. The molecule has 0 aliphatic heterocycles. The highest BCUT2D eigenvalue weighted by Gasteiger charge is 2.29. The number of hydrogen-bond donors (Lipinski definition) is 1. The highest BCUT2D eigenvalue weighted by molar-refractivity contribution is 7.11. The van der Waals surface area contributed by atoms with Crippen LogP contribution in [0.15, 0.2) is 5.51 Å². The first kappa shape index (κ1) is 14.5. The molecule has 0 atom stereocenters. The Morgan fingerprint density at radius 3 is 2.68 bits per heavy atom. The first-order chi connectivity index (χ1) is 9.13. The summed E-state index contributed by atoms with van der Waals surface area (Å²) in [5, 5.41) is 0. The maximum Gasteiger partial charge on any atom is 0.266 e. The smallest absolute Gasteiger partial charge is 0.266 e. The van der Waals surface area contributed by atoms with Crippen LogP contribution in [0.5, 0.6) is 0 Å². The minimum atomic E-state index is 0.155. The fourth-order valence-corrected chi connectivity index (χ4v) is 3.50. The predicted octanol–water partition coefficient (Wildman–Crippen LogP) is 2.57. The van der Waals surface area contributed by atoms with Crippen LogP contribution in [-0.2, 0) is 0 Å². The SMILES string of the molecule is CCCN(C(=O)c1scnc1C)C1CCC(N)CC1. The van der Waals surface area contributed by atoms with Gasteiger partial charge in [-0.1, -0.05) is 6.92 Å². The quantitative estimate of drug-likeness (QED) is 0.922. The summed E-state index contributed by atoms with van der Waals surface area (Å²) in [7, 11) is 0. The molecule has 1 amide bonds. The summed E-state index contributed by atoms with van der Waals surface area (Å²) in [6.07, 6.45) is 5.11. The molecule has 0 unspecified atom stereocenters. The summed E-state index contributed by atoms with van der Waals surface area (Å²) in [4.78, 5) is 19.7. The van der Waals surface area contributed by atoms with Crippen molar-refractivity contribution in [2.75, 3.05) is 6.54 Å². The van der Waals surface area contributed by atoms with Crippen molar-refractivity contribution in [1.29, 1.82) is 0 Å². The van der Waals surface area contributed by atoms with Gasteiger partial charge < -0.3 is 10.6 Å². The zero-order valence-corrected chi connectivity index (χ0v) is 12.6. The zero-order chi connectivity index (χ0) is 13.8. The van der Waals surface area contributed by atoms with Crippen molar-refractivity contribution in [3.63, 3.8) is 0 Å². The highest BCUT2D eigenvalue weighted by Crippen LogP contribution is 2.25. The average molecular weight is 281 g/mol. The fourth-order valence-electron chi connectivity index (χ4n) is 2.74. The standard InChI is InChI=1S/C14H23N3OS/c1-3-8-17(12-6-4-11(15)5-7-12)14(18)13-10(2)16-9-19-13/h9,11-12H,3-8,15H2,1-2H3. The van der Waals surface area contributed by atoms with Crippen LogP contribution in [0.1, 0.15) is 54.4 Å². The van der Waals surface area contributed by atoms with Crippen LogP contribution in [0, 0.1) is 6.92 Å². The Morgan fingerprint density at radius 2 is 2.16 bits per heavy atom. The van der Waals surface area contributed by atoms with Crippen LogP contribution < -0.4 is 5.73 Å². The minimum absolute atomic E-state index is 0.155. The zero-order valence-electron chi connectivity index (χ0n) is 11.8. The number of carbonyl (C=O) groups is 1. The molecule has 2 rings (SSSR count). The molecule has 2 N–H and O–H groups in total. The van der Waals surface area contributed by atoms with Gasteiger partial charge in [0.05, 0.1) is 11.2 Å². The number of nitrogens with two attached hydrogens (primary N) is 1. The summed E-state index contributed by atoms with van der Waals surface area (Å²) < 4.78 is 0. The Balaban J connectivity index is 2.11. The molecule has 0 spiro atoms. The molecule has 1 fully saturated rings. The molecule has 0 bridgehead atoms. The second kappa shape index (κ2) is 6.48. The van der Waals surface area contributed by atoms with E-state index in [2.05, 4.69) is 11.9 Å². The lowest BCUT2D eigenvalue weighted by molar-refractivity contribution is 0.0631. The van der Waals surface area contributed by atoms with Crippen LogP contribution in [0.4, 0.5) is 0 Å². The van der Waals surface area contributed by atoms with Gasteiger partial charge in [-0.3, -0.25) is 4.79 Å². The van der Waals surface area contributed by atoms with Crippen molar-refractivity contribution >= 4 is 17.2 Å². The van der Waals surface area contributed by atoms with E-state index < -0.39 is 0 Å². The molecule has 1 saturated carbocycles. The van der Waals surface area contributed by atoms with Crippen LogP contribution in [0.25, 0.3) is 0 Å². The lowest BCUT2D eigenvalue weighted by Crippen LogP contribution is -2.44. The van der Waals surface area contributed by atoms with E-state index in [4.69, 9.17) is 5.73 Å². The Bertz CT molecular complexity index is 424. The number of carbonyl (C=O) groups excluding carboxylic acids is 1. The van der Waals surface area contributed by atoms with E-state index in [1.807, 2.05) is 11.8 Å². The van der Waals surface area contributed by atoms with Gasteiger partial charge in [0.1, 0.15) is 4.88 Å². The van der Waals surface area contributed by atoms with Crippen molar-refractivity contribution in [1.82, 2.24) is 9.88 Å². The summed E-state index contributed by atoms with van der Waals surface area (Å²) in [5.74, 6) is 0.155. The average Bonchev–Trinajstić information content (AvgIpc) is 2.83. The van der Waals surface area contributed by atoms with E-state index in [0.29, 0.717) is 12.1 Å². The number of thiazole rings is 1. The van der Waals surface area contributed by atoms with Crippen molar-refractivity contribution < 1.29 is 4.79 Å². The Labute approximate surface area is 119 Å². The molecule has 106 valence electrons. The highest BCUT2D eigenvalue weighted by atomic mass is 32.1. The van der Waals surface area contributed by atoms with Crippen LogP contribution in [0.2, 0.25) is 0 Å². The second-order valence-electron chi connectivity index (χ2n) is 5.33. The molecule has 1 aromatic heterocycles. The van der Waals surface area contributed by atoms with Gasteiger partial charge in [-0.15, -0.1) is 11.3 Å². The number of nitrogens with zero attached hydrogens (tertiary/aromatic N) is 2. The third kappa shape index (κ3) is 3.34. The Hall–Kier alpha value is -0.940. The molecular formula is C14H23N3OS. The predicted molar refractivity (Wildman–Crippen MR) is 78.4 cm³/mol. The molecule has 1 aliphatic rings. The van der Waals surface area contributed by atoms with E-state index in [0.717, 1.165) is 49.2 Å². The first-order valence-electron chi connectivity index (χ1n) is 7.10. The van der Waals surface area contributed by atoms with Gasteiger partial charge in [0, 0.05) is 18.6 Å². The Morgan fingerprint density at radius 1 is 1.47 bits per heavy atom. The van der Waals surface area contributed by atoms with E-state index in [-0.39, 0.29) is 5.91 Å². The Kier molecular flexibility index (Phi) is 4.93. The van der Waals surface area contributed by atoms with Crippen molar-refractivity contribution in [2.45, 2.75) is 58.0 Å². The van der Waals surface area contributed by atoms with Gasteiger partial charge in [0.25, 0.3) is 5.91 Å². The fraction of sp³-hybridized carbons (Fsp3) is 0.714. The van der Waals surface area contributed by atoms with Crippen molar-refractivity contribution in [2.24, 2.45) is 5.73 Å². The van der Waals surface area contributed by atoms with Gasteiger partial charge in [0.15, 0.2) is 0 Å².